The van der Waals surface area contributed by atoms with Crippen LogP contribution in [0.25, 0.3) is 0 Å². The lowest BCUT2D eigenvalue weighted by atomic mass is 9.80. The lowest BCUT2D eigenvalue weighted by Crippen LogP contribution is -2.37. The lowest BCUT2D eigenvalue weighted by Gasteiger charge is -2.28. The van der Waals surface area contributed by atoms with Gasteiger partial charge in [-0.05, 0) is 60.7 Å². The molecular formula is C24H18Cl4N2O5. The van der Waals surface area contributed by atoms with E-state index in [0.29, 0.717) is 22.8 Å². The van der Waals surface area contributed by atoms with E-state index in [1.54, 1.807) is 6.07 Å². The quantitative estimate of drug-likeness (QED) is 0.326. The van der Waals surface area contributed by atoms with Gasteiger partial charge in [0.15, 0.2) is 6.61 Å². The Morgan fingerprint density at radius 1 is 0.943 bits per heavy atom. The maximum Gasteiger partial charge on any atom is 0.338 e. The van der Waals surface area contributed by atoms with Gasteiger partial charge in [0.05, 0.1) is 44.6 Å². The summed E-state index contributed by atoms with van der Waals surface area (Å²) in [7, 11) is 0. The molecule has 2 aromatic carbocycles. The average Bonchev–Trinajstić information content (AvgIpc) is 3.44. The van der Waals surface area contributed by atoms with Gasteiger partial charge in [0, 0.05) is 5.02 Å². The van der Waals surface area contributed by atoms with E-state index in [0.717, 1.165) is 4.90 Å². The molecule has 3 fully saturated rings. The molecule has 7 nitrogen and oxygen atoms in total. The molecule has 2 bridgehead atoms. The first-order valence-electron chi connectivity index (χ1n) is 10.9. The number of halogens is 4. The van der Waals surface area contributed by atoms with Gasteiger partial charge in [-0.2, -0.15) is 0 Å². The van der Waals surface area contributed by atoms with E-state index in [1.165, 1.54) is 36.4 Å². The van der Waals surface area contributed by atoms with Gasteiger partial charge in [-0.1, -0.05) is 23.2 Å². The number of carbonyl (C=O) groups is 4. The summed E-state index contributed by atoms with van der Waals surface area (Å²) >= 11 is 24.6. The normalized spacial score (nSPS) is 28.9. The number of anilines is 2. The highest BCUT2D eigenvalue weighted by atomic mass is 35.5. The molecule has 2 saturated carbocycles. The Bertz CT molecular complexity index is 1200. The van der Waals surface area contributed by atoms with Crippen molar-refractivity contribution in [3.8, 4) is 0 Å². The van der Waals surface area contributed by atoms with Crippen LogP contribution in [0.5, 0.6) is 0 Å². The van der Waals surface area contributed by atoms with E-state index in [-0.39, 0.29) is 45.0 Å². The number of nitrogens with zero attached hydrogens (tertiary/aromatic N) is 1. The van der Waals surface area contributed by atoms with Gasteiger partial charge in [0.25, 0.3) is 5.91 Å². The molecule has 0 aromatic heterocycles. The number of imide groups is 1. The summed E-state index contributed by atoms with van der Waals surface area (Å²) in [5.74, 6) is -3.02. The molecule has 0 radical (unpaired) electrons. The van der Waals surface area contributed by atoms with Crippen molar-refractivity contribution in [3.63, 3.8) is 0 Å². The summed E-state index contributed by atoms with van der Waals surface area (Å²) in [4.78, 5) is 51.8. The summed E-state index contributed by atoms with van der Waals surface area (Å²) in [6, 6.07) is 10.4. The minimum absolute atomic E-state index is 0.112. The Labute approximate surface area is 220 Å². The third-order valence-corrected chi connectivity index (χ3v) is 8.75. The SMILES string of the molecule is O=C(COC(=O)c1ccc(N2C(=O)[C@@H]3[C@H]4C[C@@H]([C@H](Cl)[C@@H]4Cl)[C@@H]3C2=O)cc1)Nc1ccc(Cl)cc1Cl. The standard InChI is InChI=1S/C24H18Cl4N2O5/c25-11-3-6-16(15(26)7-11)29-17(31)9-35-24(34)10-1-4-12(5-2-10)30-22(32)18-13-8-14(19(18)23(30)33)21(28)20(13)27/h1-7,13-14,18-21H,8-9H2,(H,29,31)/t13-,14-,18-,19+,20-,21+/m1/s1. The van der Waals surface area contributed by atoms with Gasteiger partial charge in [0.1, 0.15) is 0 Å². The number of rotatable bonds is 5. The second kappa shape index (κ2) is 9.28. The molecule has 35 heavy (non-hydrogen) atoms. The molecule has 3 amide bonds. The number of fused-ring (bicyclic) bond motifs is 5. The van der Waals surface area contributed by atoms with Crippen LogP contribution in [-0.4, -0.2) is 41.1 Å². The molecule has 1 heterocycles. The van der Waals surface area contributed by atoms with Crippen molar-refractivity contribution in [2.75, 3.05) is 16.8 Å². The zero-order valence-corrected chi connectivity index (χ0v) is 20.9. The number of hydrogen-bond donors (Lipinski definition) is 1. The van der Waals surface area contributed by atoms with Gasteiger partial charge in [0.2, 0.25) is 11.8 Å². The van der Waals surface area contributed by atoms with Crippen molar-refractivity contribution in [2.45, 2.75) is 17.2 Å². The third kappa shape index (κ3) is 4.18. The maximum atomic E-state index is 13.1. The summed E-state index contributed by atoms with van der Waals surface area (Å²) in [6.45, 7) is -0.534. The van der Waals surface area contributed by atoms with Gasteiger partial charge in [-0.25, -0.2) is 4.79 Å². The van der Waals surface area contributed by atoms with E-state index in [9.17, 15) is 19.2 Å². The van der Waals surface area contributed by atoms with Crippen molar-refractivity contribution in [1.82, 2.24) is 0 Å². The van der Waals surface area contributed by atoms with Gasteiger partial charge in [-0.3, -0.25) is 19.3 Å². The first-order chi connectivity index (χ1) is 16.7. The second-order valence-corrected chi connectivity index (χ2v) is 10.7. The number of ether oxygens (including phenoxy) is 1. The van der Waals surface area contributed by atoms with E-state index in [2.05, 4.69) is 5.32 Å². The maximum absolute atomic E-state index is 13.1. The number of amides is 3. The van der Waals surface area contributed by atoms with Crippen molar-refractivity contribution >= 4 is 81.5 Å². The molecule has 2 aliphatic carbocycles. The predicted octanol–water partition coefficient (Wildman–Crippen LogP) is 4.76. The molecular weight excluding hydrogens is 538 g/mol. The molecule has 0 spiro atoms. The van der Waals surface area contributed by atoms with Crippen LogP contribution in [0.1, 0.15) is 16.8 Å². The van der Waals surface area contributed by atoms with Crippen LogP contribution in [0, 0.1) is 23.7 Å². The summed E-state index contributed by atoms with van der Waals surface area (Å²) in [5, 5.41) is 2.54. The largest absolute Gasteiger partial charge is 0.452 e. The topological polar surface area (TPSA) is 92.8 Å². The molecule has 2 aromatic rings. The van der Waals surface area contributed by atoms with Crippen LogP contribution in [0.15, 0.2) is 42.5 Å². The third-order valence-electron chi connectivity index (χ3n) is 6.89. The van der Waals surface area contributed by atoms with E-state index in [1.807, 2.05) is 0 Å². The molecule has 0 unspecified atom stereocenters. The van der Waals surface area contributed by atoms with Crippen LogP contribution >= 0.6 is 46.4 Å². The molecule has 5 rings (SSSR count). The minimum atomic E-state index is -0.738. The summed E-state index contributed by atoms with van der Waals surface area (Å²) in [6.07, 6.45) is 0.686. The fourth-order valence-electron chi connectivity index (χ4n) is 5.34. The molecule has 1 aliphatic heterocycles. The first-order valence-corrected chi connectivity index (χ1v) is 12.5. The molecule has 11 heteroatoms. The highest BCUT2D eigenvalue weighted by Gasteiger charge is 2.66. The number of alkyl halides is 2. The zero-order valence-electron chi connectivity index (χ0n) is 17.9. The van der Waals surface area contributed by atoms with Crippen molar-refractivity contribution in [3.05, 3.63) is 58.1 Å². The molecule has 6 atom stereocenters. The van der Waals surface area contributed by atoms with Crippen molar-refractivity contribution in [2.24, 2.45) is 23.7 Å². The lowest BCUT2D eigenvalue weighted by molar-refractivity contribution is -0.123. The summed E-state index contributed by atoms with van der Waals surface area (Å²) in [5.41, 5.74) is 0.852. The Kier molecular flexibility index (Phi) is 6.46. The highest BCUT2D eigenvalue weighted by molar-refractivity contribution is 6.36. The molecule has 1 saturated heterocycles. The average molecular weight is 556 g/mol. The minimum Gasteiger partial charge on any atom is -0.452 e. The van der Waals surface area contributed by atoms with Gasteiger partial charge in [-0.15, -0.1) is 23.2 Å². The van der Waals surface area contributed by atoms with Crippen LogP contribution in [0.3, 0.4) is 0 Å². The first kappa shape index (κ1) is 24.4. The Hall–Kier alpha value is -2.32. The Balaban J connectivity index is 1.21. The number of esters is 1. The smallest absolute Gasteiger partial charge is 0.338 e. The number of nitrogens with one attached hydrogen (secondary N) is 1. The van der Waals surface area contributed by atoms with E-state index < -0.39 is 30.3 Å². The Morgan fingerprint density at radius 2 is 1.54 bits per heavy atom. The van der Waals surface area contributed by atoms with Crippen LogP contribution < -0.4 is 10.2 Å². The van der Waals surface area contributed by atoms with Gasteiger partial charge < -0.3 is 10.1 Å². The molecule has 182 valence electrons. The predicted molar refractivity (Wildman–Crippen MR) is 132 cm³/mol. The molecule has 1 N–H and O–H groups in total. The number of benzene rings is 2. The van der Waals surface area contributed by atoms with Crippen LogP contribution in [0.2, 0.25) is 10.0 Å². The van der Waals surface area contributed by atoms with E-state index in [4.69, 9.17) is 51.1 Å². The van der Waals surface area contributed by atoms with Crippen LogP contribution in [0.4, 0.5) is 11.4 Å². The fourth-order valence-corrected chi connectivity index (χ4v) is 6.69. The number of hydrogen-bond acceptors (Lipinski definition) is 5. The highest BCUT2D eigenvalue weighted by Crippen LogP contribution is 2.59. The Morgan fingerprint density at radius 3 is 2.11 bits per heavy atom. The van der Waals surface area contributed by atoms with E-state index >= 15 is 0 Å². The number of carbonyl (C=O) groups excluding carboxylic acids is 4. The monoisotopic (exact) mass is 554 g/mol. The molecule has 3 aliphatic rings. The van der Waals surface area contributed by atoms with Crippen LogP contribution in [-0.2, 0) is 19.1 Å². The second-order valence-electron chi connectivity index (χ2n) is 8.81. The van der Waals surface area contributed by atoms with Crippen molar-refractivity contribution < 1.29 is 23.9 Å². The van der Waals surface area contributed by atoms with Gasteiger partial charge >= 0.3 is 5.97 Å². The summed E-state index contributed by atoms with van der Waals surface area (Å²) < 4.78 is 5.06. The fraction of sp³-hybridized carbons (Fsp3) is 0.333. The zero-order chi connectivity index (χ0) is 25.0. The van der Waals surface area contributed by atoms with Crippen molar-refractivity contribution in [1.29, 1.82) is 0 Å².